The maximum atomic E-state index is 13.9. The van der Waals surface area contributed by atoms with Crippen molar-refractivity contribution >= 4 is 16.9 Å². The number of fused-ring (bicyclic) bond motifs is 1. The molecule has 3 N–H and O–H groups in total. The molecule has 0 bridgehead atoms. The van der Waals surface area contributed by atoms with E-state index in [9.17, 15) is 19.4 Å². The molecule has 0 unspecified atom stereocenters. The fourth-order valence-corrected chi connectivity index (χ4v) is 3.94. The van der Waals surface area contributed by atoms with Crippen LogP contribution < -0.4 is 5.32 Å². The molecule has 1 aliphatic heterocycles. The van der Waals surface area contributed by atoms with Crippen LogP contribution >= 0.6 is 0 Å². The number of halogens is 1. The molecular formula is C22H23FN2O4. The second-order valence-corrected chi connectivity index (χ2v) is 7.32. The smallest absolute Gasteiger partial charge is 0.255 e. The first-order valence-electron chi connectivity index (χ1n) is 9.70. The summed E-state index contributed by atoms with van der Waals surface area (Å²) in [5, 5.41) is 23.2. The number of phenols is 2. The number of furan rings is 1. The number of piperidine rings is 1. The van der Waals surface area contributed by atoms with E-state index in [1.807, 2.05) is 0 Å². The van der Waals surface area contributed by atoms with Crippen LogP contribution in [-0.4, -0.2) is 41.2 Å². The largest absolute Gasteiger partial charge is 0.508 e. The van der Waals surface area contributed by atoms with E-state index in [-0.39, 0.29) is 17.1 Å². The van der Waals surface area contributed by atoms with Crippen LogP contribution in [0, 0.1) is 5.82 Å². The highest BCUT2D eigenvalue weighted by Crippen LogP contribution is 2.40. The number of likely N-dealkylation sites (tertiary alicyclic amines) is 1. The first-order valence-corrected chi connectivity index (χ1v) is 9.70. The van der Waals surface area contributed by atoms with Crippen molar-refractivity contribution in [2.24, 2.45) is 0 Å². The normalized spacial score (nSPS) is 15.0. The minimum absolute atomic E-state index is 0.0949. The average Bonchev–Trinajstić information content (AvgIpc) is 3.12. The molecule has 0 spiro atoms. The molecule has 0 saturated carbocycles. The zero-order valence-electron chi connectivity index (χ0n) is 16.2. The second-order valence-electron chi connectivity index (χ2n) is 7.32. The van der Waals surface area contributed by atoms with Crippen molar-refractivity contribution in [2.45, 2.75) is 25.8 Å². The van der Waals surface area contributed by atoms with Crippen LogP contribution in [0.15, 0.2) is 34.7 Å². The molecule has 2 aromatic carbocycles. The topological polar surface area (TPSA) is 85.9 Å². The lowest BCUT2D eigenvalue weighted by molar-refractivity contribution is 0.0964. The summed E-state index contributed by atoms with van der Waals surface area (Å²) < 4.78 is 19.9. The number of hydrogen-bond acceptors (Lipinski definition) is 5. The van der Waals surface area contributed by atoms with Gasteiger partial charge in [0.1, 0.15) is 17.1 Å². The van der Waals surface area contributed by atoms with Crippen LogP contribution in [0.4, 0.5) is 4.39 Å². The summed E-state index contributed by atoms with van der Waals surface area (Å²) in [7, 11) is 1.51. The second kappa shape index (κ2) is 7.75. The summed E-state index contributed by atoms with van der Waals surface area (Å²) in [6.45, 7) is 2.36. The number of carbonyl (C=O) groups excluding carboxylic acids is 1. The van der Waals surface area contributed by atoms with Crippen molar-refractivity contribution in [2.75, 3.05) is 20.1 Å². The van der Waals surface area contributed by atoms with Gasteiger partial charge in [-0.05, 0) is 56.3 Å². The van der Waals surface area contributed by atoms with E-state index in [0.29, 0.717) is 28.6 Å². The van der Waals surface area contributed by atoms with E-state index in [1.165, 1.54) is 25.6 Å². The molecule has 0 atom stereocenters. The van der Waals surface area contributed by atoms with E-state index in [4.69, 9.17) is 4.42 Å². The molecule has 1 amide bonds. The van der Waals surface area contributed by atoms with E-state index in [1.54, 1.807) is 12.1 Å². The molecule has 1 saturated heterocycles. The summed E-state index contributed by atoms with van der Waals surface area (Å²) in [5.74, 6) is -1.38. The third kappa shape index (κ3) is 3.53. The molecule has 1 aromatic heterocycles. The Morgan fingerprint density at radius 2 is 1.86 bits per heavy atom. The van der Waals surface area contributed by atoms with Gasteiger partial charge in [0.15, 0.2) is 11.6 Å². The predicted molar refractivity (Wildman–Crippen MR) is 107 cm³/mol. The summed E-state index contributed by atoms with van der Waals surface area (Å²) in [5.41, 5.74) is 1.64. The van der Waals surface area contributed by atoms with Crippen LogP contribution in [0.1, 0.15) is 35.2 Å². The van der Waals surface area contributed by atoms with Gasteiger partial charge >= 0.3 is 0 Å². The lowest BCUT2D eigenvalue weighted by Crippen LogP contribution is -2.29. The zero-order chi connectivity index (χ0) is 20.5. The van der Waals surface area contributed by atoms with Gasteiger partial charge in [0.25, 0.3) is 5.91 Å². The van der Waals surface area contributed by atoms with Crippen LogP contribution in [0.2, 0.25) is 0 Å². The zero-order valence-corrected chi connectivity index (χ0v) is 16.2. The Hall–Kier alpha value is -3.06. The van der Waals surface area contributed by atoms with Gasteiger partial charge in [0.2, 0.25) is 0 Å². The average molecular weight is 398 g/mol. The van der Waals surface area contributed by atoms with E-state index in [0.717, 1.165) is 32.0 Å². The lowest BCUT2D eigenvalue weighted by Gasteiger charge is -2.27. The van der Waals surface area contributed by atoms with E-state index in [2.05, 4.69) is 10.2 Å². The highest BCUT2D eigenvalue weighted by Gasteiger charge is 2.26. The molecule has 6 nitrogen and oxygen atoms in total. The summed E-state index contributed by atoms with van der Waals surface area (Å²) in [6.07, 6.45) is 3.39. The fourth-order valence-electron chi connectivity index (χ4n) is 3.94. The maximum absolute atomic E-state index is 13.9. The number of carbonyl (C=O) groups is 1. The minimum atomic E-state index is -0.804. The highest BCUT2D eigenvalue weighted by atomic mass is 19.1. The number of nitrogens with zero attached hydrogens (tertiary/aromatic N) is 1. The van der Waals surface area contributed by atoms with Crippen LogP contribution in [0.3, 0.4) is 0 Å². The highest BCUT2D eigenvalue weighted by molar-refractivity contribution is 6.12. The number of rotatable bonds is 4. The van der Waals surface area contributed by atoms with E-state index < -0.39 is 17.5 Å². The molecule has 0 radical (unpaired) electrons. The number of benzene rings is 2. The van der Waals surface area contributed by atoms with Gasteiger partial charge in [-0.25, -0.2) is 4.39 Å². The van der Waals surface area contributed by atoms with Crippen molar-refractivity contribution < 1.29 is 23.8 Å². The predicted octanol–water partition coefficient (Wildman–Crippen LogP) is 4.00. The number of hydrogen-bond donors (Lipinski definition) is 3. The quantitative estimate of drug-likeness (QED) is 0.619. The molecule has 4 rings (SSSR count). The summed E-state index contributed by atoms with van der Waals surface area (Å²) in [4.78, 5) is 15.0. The fraction of sp³-hybridized carbons (Fsp3) is 0.318. The van der Waals surface area contributed by atoms with Crippen LogP contribution in [0.5, 0.6) is 11.5 Å². The molecule has 7 heteroatoms. The molecule has 1 fully saturated rings. The van der Waals surface area contributed by atoms with Crippen molar-refractivity contribution in [1.29, 1.82) is 0 Å². The molecule has 3 aromatic rings. The number of phenolic OH excluding ortho intramolecular Hbond substituents is 2. The number of aromatic hydroxyl groups is 2. The Kier molecular flexibility index (Phi) is 5.15. The Balaban J connectivity index is 1.92. The van der Waals surface area contributed by atoms with Gasteiger partial charge in [-0.1, -0.05) is 6.42 Å². The third-order valence-electron chi connectivity index (χ3n) is 5.43. The van der Waals surface area contributed by atoms with Gasteiger partial charge in [0, 0.05) is 30.1 Å². The molecule has 152 valence electrons. The Morgan fingerprint density at radius 3 is 2.55 bits per heavy atom. The van der Waals surface area contributed by atoms with Crippen molar-refractivity contribution in [3.05, 3.63) is 47.3 Å². The van der Waals surface area contributed by atoms with Crippen molar-refractivity contribution in [1.82, 2.24) is 10.2 Å². The molecule has 0 aliphatic carbocycles. The Labute approximate surface area is 167 Å². The Bertz CT molecular complexity index is 1070. The maximum Gasteiger partial charge on any atom is 0.255 e. The van der Waals surface area contributed by atoms with Gasteiger partial charge in [-0.2, -0.15) is 0 Å². The molecule has 1 aliphatic rings. The minimum Gasteiger partial charge on any atom is -0.508 e. The third-order valence-corrected chi connectivity index (χ3v) is 5.43. The van der Waals surface area contributed by atoms with Gasteiger partial charge in [-0.3, -0.25) is 9.69 Å². The monoisotopic (exact) mass is 398 g/mol. The standard InChI is InChI=1S/C22H23FN2O4/c1-24-22(28)20-19-14(12-25-9-3-2-4-10-25)16(26)7-8-18(19)29-21(20)13-5-6-17(27)15(23)11-13/h5-8,11,26-27H,2-4,9-10,12H2,1H3,(H,24,28). The van der Waals surface area contributed by atoms with Gasteiger partial charge in [0.05, 0.1) is 5.56 Å². The first-order chi connectivity index (χ1) is 14.0. The summed E-state index contributed by atoms with van der Waals surface area (Å²) in [6, 6.07) is 7.00. The number of amides is 1. The van der Waals surface area contributed by atoms with Crippen molar-refractivity contribution in [3.63, 3.8) is 0 Å². The lowest BCUT2D eigenvalue weighted by atomic mass is 9.99. The molecular weight excluding hydrogens is 375 g/mol. The SMILES string of the molecule is CNC(=O)c1c(-c2ccc(O)c(F)c2)oc2ccc(O)c(CN3CCCCC3)c12. The Morgan fingerprint density at radius 1 is 1.14 bits per heavy atom. The number of nitrogens with one attached hydrogen (secondary N) is 1. The van der Waals surface area contributed by atoms with Gasteiger partial charge in [-0.15, -0.1) is 0 Å². The van der Waals surface area contributed by atoms with Crippen LogP contribution in [-0.2, 0) is 6.54 Å². The van der Waals surface area contributed by atoms with E-state index >= 15 is 0 Å². The van der Waals surface area contributed by atoms with Crippen molar-refractivity contribution in [3.8, 4) is 22.8 Å². The first kappa shape index (κ1) is 19.3. The van der Waals surface area contributed by atoms with Crippen LogP contribution in [0.25, 0.3) is 22.3 Å². The molecule has 2 heterocycles. The molecule has 29 heavy (non-hydrogen) atoms. The summed E-state index contributed by atoms with van der Waals surface area (Å²) >= 11 is 0. The van der Waals surface area contributed by atoms with Gasteiger partial charge < -0.3 is 19.9 Å².